The summed E-state index contributed by atoms with van der Waals surface area (Å²) in [4.78, 5) is 29.0. The van der Waals surface area contributed by atoms with Gasteiger partial charge in [0, 0.05) is 18.8 Å². The fourth-order valence-electron chi connectivity index (χ4n) is 2.78. The van der Waals surface area contributed by atoms with Gasteiger partial charge in [-0.1, -0.05) is 36.4 Å². The first-order chi connectivity index (χ1) is 13.7. The summed E-state index contributed by atoms with van der Waals surface area (Å²) in [6.07, 6.45) is 6.72. The lowest BCUT2D eigenvalue weighted by Crippen LogP contribution is -2.43. The minimum absolute atomic E-state index is 0.155. The number of ether oxygens (including phenoxy) is 1. The predicted molar refractivity (Wildman–Crippen MR) is 104 cm³/mol. The Hall–Kier alpha value is -3.41. The molecule has 1 N–H and O–H groups in total. The standard InChI is InChI=1S/C22H22N2O4/c25-21(20-11-6-13-27-20)24-19(15-17-7-2-1-3-8-17)22(26)28-14-5-10-18-9-4-12-23-16-18/h1-4,6-9,11-13,16,19H,5,10,14-15H2,(H,24,25). The van der Waals surface area contributed by atoms with Crippen molar-refractivity contribution < 1.29 is 18.7 Å². The van der Waals surface area contributed by atoms with Crippen LogP contribution in [0.3, 0.4) is 0 Å². The quantitative estimate of drug-likeness (QED) is 0.457. The van der Waals surface area contributed by atoms with Gasteiger partial charge in [0.05, 0.1) is 12.9 Å². The second-order valence-corrected chi connectivity index (χ2v) is 6.33. The lowest BCUT2D eigenvalue weighted by molar-refractivity contribution is -0.146. The Balaban J connectivity index is 1.56. The van der Waals surface area contributed by atoms with Crippen LogP contribution in [0.25, 0.3) is 0 Å². The number of carbonyl (C=O) groups excluding carboxylic acids is 2. The minimum atomic E-state index is -0.793. The van der Waals surface area contributed by atoms with Crippen LogP contribution in [-0.4, -0.2) is 29.5 Å². The lowest BCUT2D eigenvalue weighted by Gasteiger charge is -2.17. The van der Waals surface area contributed by atoms with Crippen LogP contribution in [-0.2, 0) is 22.4 Å². The number of aryl methyl sites for hydroxylation is 1. The van der Waals surface area contributed by atoms with E-state index in [-0.39, 0.29) is 12.4 Å². The van der Waals surface area contributed by atoms with E-state index >= 15 is 0 Å². The van der Waals surface area contributed by atoms with Crippen molar-refractivity contribution >= 4 is 11.9 Å². The first kappa shape index (κ1) is 19.4. The minimum Gasteiger partial charge on any atom is -0.464 e. The van der Waals surface area contributed by atoms with E-state index < -0.39 is 17.9 Å². The number of furan rings is 1. The maximum absolute atomic E-state index is 12.6. The Bertz CT molecular complexity index is 864. The summed E-state index contributed by atoms with van der Waals surface area (Å²) in [5, 5.41) is 2.71. The highest BCUT2D eigenvalue weighted by Gasteiger charge is 2.24. The van der Waals surface area contributed by atoms with Gasteiger partial charge in [0.15, 0.2) is 5.76 Å². The third-order valence-corrected chi connectivity index (χ3v) is 4.19. The summed E-state index contributed by atoms with van der Waals surface area (Å²) in [5.41, 5.74) is 2.02. The van der Waals surface area contributed by atoms with Crippen molar-refractivity contribution in [1.29, 1.82) is 0 Å². The van der Waals surface area contributed by atoms with Gasteiger partial charge in [-0.05, 0) is 42.2 Å². The van der Waals surface area contributed by atoms with Crippen LogP contribution < -0.4 is 5.32 Å². The molecule has 6 nitrogen and oxygen atoms in total. The van der Waals surface area contributed by atoms with E-state index in [2.05, 4.69) is 10.3 Å². The van der Waals surface area contributed by atoms with E-state index in [1.165, 1.54) is 6.26 Å². The third kappa shape index (κ3) is 5.81. The Morgan fingerprint density at radius 2 is 1.86 bits per heavy atom. The average Bonchev–Trinajstić information content (AvgIpc) is 3.27. The monoisotopic (exact) mass is 378 g/mol. The molecule has 144 valence electrons. The average molecular weight is 378 g/mol. The van der Waals surface area contributed by atoms with E-state index in [9.17, 15) is 9.59 Å². The molecular weight excluding hydrogens is 356 g/mol. The highest BCUT2D eigenvalue weighted by molar-refractivity contribution is 5.94. The molecule has 0 aliphatic rings. The number of esters is 1. The largest absolute Gasteiger partial charge is 0.464 e. The van der Waals surface area contributed by atoms with Crippen LogP contribution in [0.1, 0.15) is 28.1 Å². The van der Waals surface area contributed by atoms with Crippen molar-refractivity contribution in [1.82, 2.24) is 10.3 Å². The molecule has 1 aromatic carbocycles. The molecule has 2 aromatic heterocycles. The normalized spacial score (nSPS) is 11.6. The molecule has 1 atom stereocenters. The molecule has 0 saturated heterocycles. The molecule has 0 bridgehead atoms. The van der Waals surface area contributed by atoms with Gasteiger partial charge in [-0.25, -0.2) is 4.79 Å². The Kier molecular flexibility index (Phi) is 6.95. The number of hydrogen-bond donors (Lipinski definition) is 1. The van der Waals surface area contributed by atoms with Crippen molar-refractivity contribution in [3.05, 3.63) is 90.1 Å². The summed E-state index contributed by atoms with van der Waals surface area (Å²) in [5.74, 6) is -0.754. The van der Waals surface area contributed by atoms with Crippen LogP contribution in [0.2, 0.25) is 0 Å². The Labute approximate surface area is 163 Å². The fraction of sp³-hybridized carbons (Fsp3) is 0.227. The molecule has 3 aromatic rings. The van der Waals surface area contributed by atoms with Gasteiger partial charge in [-0.3, -0.25) is 9.78 Å². The fourth-order valence-corrected chi connectivity index (χ4v) is 2.78. The molecule has 0 aliphatic heterocycles. The smallest absolute Gasteiger partial charge is 0.328 e. The molecular formula is C22H22N2O4. The molecule has 0 fully saturated rings. The van der Waals surface area contributed by atoms with Crippen molar-refractivity contribution in [3.8, 4) is 0 Å². The number of nitrogens with one attached hydrogen (secondary N) is 1. The summed E-state index contributed by atoms with van der Waals surface area (Å²) in [6.45, 7) is 0.273. The van der Waals surface area contributed by atoms with Crippen LogP contribution in [0.15, 0.2) is 77.7 Å². The molecule has 0 radical (unpaired) electrons. The zero-order valence-electron chi connectivity index (χ0n) is 15.4. The topological polar surface area (TPSA) is 81.4 Å². The van der Waals surface area contributed by atoms with Gasteiger partial charge < -0.3 is 14.5 Å². The summed E-state index contributed by atoms with van der Waals surface area (Å²) >= 11 is 0. The van der Waals surface area contributed by atoms with E-state index in [4.69, 9.17) is 9.15 Å². The van der Waals surface area contributed by atoms with E-state index in [0.29, 0.717) is 12.8 Å². The molecule has 2 heterocycles. The number of carbonyl (C=O) groups is 2. The summed E-state index contributed by atoms with van der Waals surface area (Å²) in [7, 11) is 0. The molecule has 3 rings (SSSR count). The number of rotatable bonds is 9. The second kappa shape index (κ2) is 10.1. The van der Waals surface area contributed by atoms with Crippen LogP contribution in [0, 0.1) is 0 Å². The van der Waals surface area contributed by atoms with Crippen LogP contribution in [0.5, 0.6) is 0 Å². The van der Waals surface area contributed by atoms with Gasteiger partial charge in [0.25, 0.3) is 5.91 Å². The number of aromatic nitrogens is 1. The summed E-state index contributed by atoms with van der Waals surface area (Å²) in [6, 6.07) is 15.7. The van der Waals surface area contributed by atoms with Crippen LogP contribution in [0.4, 0.5) is 0 Å². The van der Waals surface area contributed by atoms with Crippen molar-refractivity contribution in [2.75, 3.05) is 6.61 Å². The molecule has 28 heavy (non-hydrogen) atoms. The summed E-state index contributed by atoms with van der Waals surface area (Å²) < 4.78 is 10.5. The lowest BCUT2D eigenvalue weighted by atomic mass is 10.1. The molecule has 1 amide bonds. The van der Waals surface area contributed by atoms with Crippen molar-refractivity contribution in [2.45, 2.75) is 25.3 Å². The number of hydrogen-bond acceptors (Lipinski definition) is 5. The van der Waals surface area contributed by atoms with Gasteiger partial charge in [-0.15, -0.1) is 0 Å². The number of nitrogens with zero attached hydrogens (tertiary/aromatic N) is 1. The maximum Gasteiger partial charge on any atom is 0.328 e. The number of amides is 1. The molecule has 0 saturated carbocycles. The van der Waals surface area contributed by atoms with Gasteiger partial charge in [0.1, 0.15) is 6.04 Å². The molecule has 1 unspecified atom stereocenters. The van der Waals surface area contributed by atoms with Gasteiger partial charge >= 0.3 is 5.97 Å². The third-order valence-electron chi connectivity index (χ3n) is 4.19. The van der Waals surface area contributed by atoms with E-state index in [1.54, 1.807) is 24.5 Å². The SMILES string of the molecule is O=C(NC(Cc1ccccc1)C(=O)OCCCc1cccnc1)c1ccco1. The second-order valence-electron chi connectivity index (χ2n) is 6.33. The highest BCUT2D eigenvalue weighted by Crippen LogP contribution is 2.08. The zero-order valence-corrected chi connectivity index (χ0v) is 15.4. The molecule has 6 heteroatoms. The number of benzene rings is 1. The molecule has 0 aliphatic carbocycles. The molecule has 0 spiro atoms. The van der Waals surface area contributed by atoms with Gasteiger partial charge in [0.2, 0.25) is 0 Å². The Morgan fingerprint density at radius 3 is 2.57 bits per heavy atom. The van der Waals surface area contributed by atoms with E-state index in [1.807, 2.05) is 42.5 Å². The van der Waals surface area contributed by atoms with E-state index in [0.717, 1.165) is 17.5 Å². The first-order valence-electron chi connectivity index (χ1n) is 9.16. The van der Waals surface area contributed by atoms with Crippen LogP contribution >= 0.6 is 0 Å². The highest BCUT2D eigenvalue weighted by atomic mass is 16.5. The van der Waals surface area contributed by atoms with Crippen molar-refractivity contribution in [3.63, 3.8) is 0 Å². The van der Waals surface area contributed by atoms with Crippen molar-refractivity contribution in [2.24, 2.45) is 0 Å². The first-order valence-corrected chi connectivity index (χ1v) is 9.16. The number of pyridine rings is 1. The Morgan fingerprint density at radius 1 is 1.04 bits per heavy atom. The predicted octanol–water partition coefficient (Wildman–Crippen LogP) is 3.19. The van der Waals surface area contributed by atoms with Gasteiger partial charge in [-0.2, -0.15) is 0 Å². The zero-order chi connectivity index (χ0) is 19.6. The maximum atomic E-state index is 12.6.